The number of nitrogens with one attached hydrogen (secondary N) is 1. The van der Waals surface area contributed by atoms with Crippen LogP contribution in [-0.2, 0) is 29.0 Å². The molecule has 196 valence electrons. The molecule has 37 heavy (non-hydrogen) atoms. The van der Waals surface area contributed by atoms with Gasteiger partial charge in [0.15, 0.2) is 6.61 Å². The molecule has 0 heterocycles. The Morgan fingerprint density at radius 2 is 1.65 bits per heavy atom. The average Bonchev–Trinajstić information content (AvgIpc) is 2.91. The van der Waals surface area contributed by atoms with Crippen LogP contribution in [0.1, 0.15) is 43.9 Å². The summed E-state index contributed by atoms with van der Waals surface area (Å²) < 4.78 is 5.84. The van der Waals surface area contributed by atoms with E-state index < -0.39 is 6.04 Å². The Morgan fingerprint density at radius 3 is 2.27 bits per heavy atom. The van der Waals surface area contributed by atoms with Gasteiger partial charge in [-0.15, -0.1) is 0 Å². The van der Waals surface area contributed by atoms with Gasteiger partial charge in [-0.3, -0.25) is 9.59 Å². The summed E-state index contributed by atoms with van der Waals surface area (Å²) in [5.74, 6) is 0.0634. The van der Waals surface area contributed by atoms with E-state index in [-0.39, 0.29) is 31.0 Å². The van der Waals surface area contributed by atoms with Gasteiger partial charge in [-0.25, -0.2) is 0 Å². The fourth-order valence-electron chi connectivity index (χ4n) is 3.88. The molecule has 0 bridgehead atoms. The molecule has 1 N–H and O–H groups in total. The Labute approximate surface area is 229 Å². The van der Waals surface area contributed by atoms with Crippen LogP contribution in [0.15, 0.2) is 72.8 Å². The van der Waals surface area contributed by atoms with Crippen LogP contribution in [0.3, 0.4) is 0 Å². The van der Waals surface area contributed by atoms with Crippen molar-refractivity contribution >= 4 is 35.0 Å². The molecule has 0 aliphatic heterocycles. The molecule has 7 heteroatoms. The van der Waals surface area contributed by atoms with Gasteiger partial charge in [0.25, 0.3) is 5.91 Å². The first kappa shape index (κ1) is 28.5. The van der Waals surface area contributed by atoms with Crippen molar-refractivity contribution in [1.29, 1.82) is 0 Å². The molecule has 3 rings (SSSR count). The van der Waals surface area contributed by atoms with Crippen LogP contribution in [0.25, 0.3) is 0 Å². The molecular weight excluding hydrogens is 507 g/mol. The maximum Gasteiger partial charge on any atom is 0.261 e. The molecule has 3 aromatic rings. The molecule has 2 atom stereocenters. The number of hydrogen-bond acceptors (Lipinski definition) is 3. The molecule has 0 aliphatic carbocycles. The van der Waals surface area contributed by atoms with Gasteiger partial charge in [-0.2, -0.15) is 0 Å². The first-order valence-corrected chi connectivity index (χ1v) is 13.4. The summed E-state index contributed by atoms with van der Waals surface area (Å²) in [5, 5.41) is 3.99. The molecule has 5 nitrogen and oxygen atoms in total. The summed E-state index contributed by atoms with van der Waals surface area (Å²) >= 11 is 12.6. The van der Waals surface area contributed by atoms with Crippen molar-refractivity contribution < 1.29 is 14.3 Å². The second-order valence-corrected chi connectivity index (χ2v) is 9.91. The molecule has 2 amide bonds. The monoisotopic (exact) mass is 540 g/mol. The van der Waals surface area contributed by atoms with E-state index in [1.165, 1.54) is 5.56 Å². The van der Waals surface area contributed by atoms with Crippen molar-refractivity contribution in [1.82, 2.24) is 10.2 Å². The molecule has 0 aliphatic rings. The van der Waals surface area contributed by atoms with Gasteiger partial charge in [0.05, 0.1) is 0 Å². The number of carbonyl (C=O) groups is 2. The minimum atomic E-state index is -0.762. The van der Waals surface area contributed by atoms with Gasteiger partial charge in [0.2, 0.25) is 5.91 Å². The van der Waals surface area contributed by atoms with E-state index in [0.717, 1.165) is 18.4 Å². The van der Waals surface area contributed by atoms with Gasteiger partial charge in [0.1, 0.15) is 11.8 Å². The lowest BCUT2D eigenvalue weighted by atomic mass is 10.0. The lowest BCUT2D eigenvalue weighted by molar-refractivity contribution is -0.143. The largest absolute Gasteiger partial charge is 0.484 e. The number of hydrogen-bond donors (Lipinski definition) is 1. The highest BCUT2D eigenvalue weighted by Gasteiger charge is 2.31. The smallest absolute Gasteiger partial charge is 0.261 e. The molecule has 0 saturated heterocycles. The van der Waals surface area contributed by atoms with Crippen LogP contribution >= 0.6 is 23.2 Å². The molecule has 0 spiro atoms. The van der Waals surface area contributed by atoms with Crippen molar-refractivity contribution in [3.8, 4) is 5.75 Å². The number of halogens is 2. The van der Waals surface area contributed by atoms with E-state index in [9.17, 15) is 9.59 Å². The minimum Gasteiger partial charge on any atom is -0.484 e. The predicted molar refractivity (Wildman–Crippen MR) is 150 cm³/mol. The van der Waals surface area contributed by atoms with Crippen LogP contribution in [0.5, 0.6) is 5.75 Å². The van der Waals surface area contributed by atoms with Crippen molar-refractivity contribution in [2.24, 2.45) is 0 Å². The Hall–Kier alpha value is -3.02. The number of benzene rings is 3. The standard InChI is InChI=1S/C30H34Cl2N2O3/c1-4-21(3)33-30(36)28(17-23-9-7-6-8-10-23)34(19-24-13-14-25(31)18-27(24)32)29(35)20-37-26-15-11-22(5-2)12-16-26/h6-16,18,21,28H,4-5,17,19-20H2,1-3H3,(H,33,36). The summed E-state index contributed by atoms with van der Waals surface area (Å²) in [6, 6.07) is 21.7. The van der Waals surface area contributed by atoms with Crippen LogP contribution in [0.2, 0.25) is 10.0 Å². The van der Waals surface area contributed by atoms with Gasteiger partial charge >= 0.3 is 0 Å². The van der Waals surface area contributed by atoms with Crippen LogP contribution in [-0.4, -0.2) is 35.4 Å². The number of aryl methyl sites for hydroxylation is 1. The Morgan fingerprint density at radius 1 is 0.946 bits per heavy atom. The highest BCUT2D eigenvalue weighted by Crippen LogP contribution is 2.24. The van der Waals surface area contributed by atoms with E-state index in [1.807, 2.05) is 68.4 Å². The third-order valence-corrected chi connectivity index (χ3v) is 6.91. The summed E-state index contributed by atoms with van der Waals surface area (Å²) in [6.07, 6.45) is 2.05. The molecular formula is C30H34Cl2N2O3. The number of rotatable bonds is 12. The lowest BCUT2D eigenvalue weighted by Crippen LogP contribution is -2.53. The van der Waals surface area contributed by atoms with Crippen molar-refractivity contribution in [3.05, 3.63) is 99.5 Å². The molecule has 0 radical (unpaired) electrons. The number of carbonyl (C=O) groups excluding carboxylic acids is 2. The zero-order chi connectivity index (χ0) is 26.8. The summed E-state index contributed by atoms with van der Waals surface area (Å²) in [5.41, 5.74) is 2.83. The van der Waals surface area contributed by atoms with E-state index in [1.54, 1.807) is 23.1 Å². The second-order valence-electron chi connectivity index (χ2n) is 9.07. The van der Waals surface area contributed by atoms with Crippen LogP contribution in [0, 0.1) is 0 Å². The van der Waals surface area contributed by atoms with Crippen LogP contribution < -0.4 is 10.1 Å². The maximum atomic E-state index is 13.7. The number of ether oxygens (including phenoxy) is 1. The van der Waals surface area contributed by atoms with E-state index in [2.05, 4.69) is 12.2 Å². The fourth-order valence-corrected chi connectivity index (χ4v) is 4.35. The zero-order valence-electron chi connectivity index (χ0n) is 21.5. The van der Waals surface area contributed by atoms with Crippen LogP contribution in [0.4, 0.5) is 0 Å². The SMILES string of the molecule is CCc1ccc(OCC(=O)N(Cc2ccc(Cl)cc2Cl)C(Cc2ccccc2)C(=O)NC(C)CC)cc1. The third-order valence-electron chi connectivity index (χ3n) is 6.32. The third kappa shape index (κ3) is 8.51. The van der Waals surface area contributed by atoms with Gasteiger partial charge in [0, 0.05) is 29.1 Å². The molecule has 2 unspecified atom stereocenters. The number of amides is 2. The maximum absolute atomic E-state index is 13.7. The summed E-state index contributed by atoms with van der Waals surface area (Å²) in [6.45, 7) is 5.96. The van der Waals surface area contributed by atoms with Crippen molar-refractivity contribution in [3.63, 3.8) is 0 Å². The fraction of sp³-hybridized carbons (Fsp3) is 0.333. The van der Waals surface area contributed by atoms with Gasteiger partial charge in [-0.05, 0) is 60.7 Å². The molecule has 3 aromatic carbocycles. The first-order valence-electron chi connectivity index (χ1n) is 12.6. The van der Waals surface area contributed by atoms with E-state index >= 15 is 0 Å². The highest BCUT2D eigenvalue weighted by molar-refractivity contribution is 6.35. The van der Waals surface area contributed by atoms with Gasteiger partial charge < -0.3 is 15.0 Å². The predicted octanol–water partition coefficient (Wildman–Crippen LogP) is 6.49. The van der Waals surface area contributed by atoms with Gasteiger partial charge in [-0.1, -0.05) is 85.6 Å². The van der Waals surface area contributed by atoms with E-state index in [0.29, 0.717) is 27.8 Å². The van der Waals surface area contributed by atoms with Crippen molar-refractivity contribution in [2.45, 2.75) is 58.7 Å². The Balaban J connectivity index is 1.92. The zero-order valence-corrected chi connectivity index (χ0v) is 23.1. The number of nitrogens with zero attached hydrogens (tertiary/aromatic N) is 1. The normalized spacial score (nSPS) is 12.5. The quantitative estimate of drug-likeness (QED) is 0.285. The molecule has 0 saturated carbocycles. The molecule has 0 aromatic heterocycles. The van der Waals surface area contributed by atoms with E-state index in [4.69, 9.17) is 27.9 Å². The lowest BCUT2D eigenvalue weighted by Gasteiger charge is -2.32. The summed E-state index contributed by atoms with van der Waals surface area (Å²) in [7, 11) is 0. The van der Waals surface area contributed by atoms with Crippen molar-refractivity contribution in [2.75, 3.05) is 6.61 Å². The second kappa shape index (κ2) is 14.1. The Bertz CT molecular complexity index is 1170. The highest BCUT2D eigenvalue weighted by atomic mass is 35.5. The average molecular weight is 542 g/mol. The molecule has 0 fully saturated rings. The Kier molecular flexibility index (Phi) is 10.8. The summed E-state index contributed by atoms with van der Waals surface area (Å²) in [4.78, 5) is 28.8. The topological polar surface area (TPSA) is 58.6 Å². The first-order chi connectivity index (χ1) is 17.8. The minimum absolute atomic E-state index is 0.0322.